The van der Waals surface area contributed by atoms with Crippen LogP contribution in [0, 0.1) is 13.8 Å². The Morgan fingerprint density at radius 1 is 0.893 bits per heavy atom. The molecule has 0 amide bonds. The zero-order chi connectivity index (χ0) is 20.4. The number of hydrogen-bond donors (Lipinski definition) is 4. The molecule has 0 atom stereocenters. The summed E-state index contributed by atoms with van der Waals surface area (Å²) < 4.78 is 11.3. The van der Waals surface area contributed by atoms with Crippen LogP contribution in [0.15, 0.2) is 21.7 Å². The summed E-state index contributed by atoms with van der Waals surface area (Å²) in [5, 5.41) is 11.2. The molecule has 9 heteroatoms. The van der Waals surface area contributed by atoms with E-state index in [9.17, 15) is 9.59 Å². The zero-order valence-electron chi connectivity index (χ0n) is 16.2. The second kappa shape index (κ2) is 8.02. The van der Waals surface area contributed by atoms with Crippen LogP contribution in [-0.2, 0) is 0 Å². The molecule has 0 saturated carbocycles. The first-order chi connectivity index (χ1) is 13.4. The molecular formula is C19H23ClN4O4. The van der Waals surface area contributed by atoms with E-state index in [-0.39, 0.29) is 11.1 Å². The van der Waals surface area contributed by atoms with Crippen molar-refractivity contribution in [2.24, 2.45) is 0 Å². The fourth-order valence-corrected chi connectivity index (χ4v) is 3.66. The topological polar surface area (TPSA) is 116 Å². The van der Waals surface area contributed by atoms with Gasteiger partial charge < -0.3 is 19.7 Å². The van der Waals surface area contributed by atoms with Crippen molar-refractivity contribution in [2.75, 3.05) is 13.2 Å². The summed E-state index contributed by atoms with van der Waals surface area (Å²) in [6, 6.07) is 3.47. The molecule has 28 heavy (non-hydrogen) atoms. The molecule has 0 saturated heterocycles. The predicted molar refractivity (Wildman–Crippen MR) is 107 cm³/mol. The number of halogens is 1. The fourth-order valence-electron chi connectivity index (χ4n) is 3.39. The van der Waals surface area contributed by atoms with Crippen molar-refractivity contribution in [3.63, 3.8) is 0 Å². The maximum absolute atomic E-state index is 12.5. The van der Waals surface area contributed by atoms with E-state index < -0.39 is 5.92 Å². The third-order valence-electron chi connectivity index (χ3n) is 4.56. The summed E-state index contributed by atoms with van der Waals surface area (Å²) in [5.41, 5.74) is 2.21. The van der Waals surface area contributed by atoms with E-state index in [1.165, 1.54) is 0 Å². The molecule has 0 aliphatic rings. The Balaban J connectivity index is 2.31. The second-order valence-corrected chi connectivity index (χ2v) is 6.77. The van der Waals surface area contributed by atoms with Gasteiger partial charge >= 0.3 is 0 Å². The number of H-pyrrole nitrogens is 4. The van der Waals surface area contributed by atoms with E-state index in [0.29, 0.717) is 57.8 Å². The van der Waals surface area contributed by atoms with Gasteiger partial charge in [-0.2, -0.15) is 0 Å². The van der Waals surface area contributed by atoms with E-state index in [4.69, 9.17) is 21.1 Å². The Kier molecular flexibility index (Phi) is 5.69. The van der Waals surface area contributed by atoms with Gasteiger partial charge in [0.15, 0.2) is 11.5 Å². The van der Waals surface area contributed by atoms with Gasteiger partial charge in [0.1, 0.15) is 0 Å². The van der Waals surface area contributed by atoms with Gasteiger partial charge in [-0.05, 0) is 45.4 Å². The quantitative estimate of drug-likeness (QED) is 0.482. The highest BCUT2D eigenvalue weighted by Gasteiger charge is 2.29. The molecule has 0 unspecified atom stereocenters. The lowest BCUT2D eigenvalue weighted by atomic mass is 9.85. The van der Waals surface area contributed by atoms with Gasteiger partial charge in [0.25, 0.3) is 11.1 Å². The number of benzene rings is 1. The minimum absolute atomic E-state index is 0.300. The molecule has 0 bridgehead atoms. The number of rotatable bonds is 7. The normalized spacial score (nSPS) is 11.2. The molecule has 2 heterocycles. The van der Waals surface area contributed by atoms with Crippen LogP contribution in [-0.4, -0.2) is 33.6 Å². The van der Waals surface area contributed by atoms with Gasteiger partial charge in [-0.3, -0.25) is 19.8 Å². The lowest BCUT2D eigenvalue weighted by Gasteiger charge is -2.20. The molecule has 0 aliphatic carbocycles. The minimum Gasteiger partial charge on any atom is -0.490 e. The molecule has 3 rings (SSSR count). The summed E-state index contributed by atoms with van der Waals surface area (Å²) in [4.78, 5) is 25.1. The Labute approximate surface area is 166 Å². The van der Waals surface area contributed by atoms with Crippen molar-refractivity contribution in [1.82, 2.24) is 20.4 Å². The monoisotopic (exact) mass is 406 g/mol. The third kappa shape index (κ3) is 3.47. The smallest absolute Gasteiger partial charge is 0.268 e. The molecule has 8 nitrogen and oxygen atoms in total. The number of hydrogen-bond acceptors (Lipinski definition) is 4. The molecule has 0 radical (unpaired) electrons. The van der Waals surface area contributed by atoms with Crippen molar-refractivity contribution >= 4 is 11.6 Å². The lowest BCUT2D eigenvalue weighted by molar-refractivity contribution is 0.287. The van der Waals surface area contributed by atoms with Crippen molar-refractivity contribution in [3.8, 4) is 11.5 Å². The van der Waals surface area contributed by atoms with Gasteiger partial charge in [0.2, 0.25) is 0 Å². The Hall–Kier alpha value is -2.87. The van der Waals surface area contributed by atoms with Gasteiger partial charge in [-0.25, -0.2) is 0 Å². The molecule has 150 valence electrons. The molecule has 3 aromatic rings. The first-order valence-electron chi connectivity index (χ1n) is 9.02. The van der Waals surface area contributed by atoms with Crippen LogP contribution in [0.5, 0.6) is 11.5 Å². The maximum atomic E-state index is 12.5. The van der Waals surface area contributed by atoms with Crippen LogP contribution < -0.4 is 20.6 Å². The predicted octanol–water partition coefficient (Wildman–Crippen LogP) is 2.97. The highest BCUT2D eigenvalue weighted by atomic mass is 35.5. The first-order valence-corrected chi connectivity index (χ1v) is 9.40. The number of aryl methyl sites for hydroxylation is 2. The van der Waals surface area contributed by atoms with Crippen molar-refractivity contribution < 1.29 is 9.47 Å². The zero-order valence-corrected chi connectivity index (χ0v) is 16.9. The SMILES string of the molecule is CCOc1cc(C(c2c(C)[nH][nH]c2=O)c2c(C)[nH][nH]c2=O)cc(Cl)c1OCC. The number of nitrogens with one attached hydrogen (secondary N) is 4. The van der Waals surface area contributed by atoms with E-state index in [0.717, 1.165) is 0 Å². The summed E-state index contributed by atoms with van der Waals surface area (Å²) in [6.45, 7) is 8.10. The highest BCUT2D eigenvalue weighted by Crippen LogP contribution is 2.41. The molecule has 2 aromatic heterocycles. The van der Waals surface area contributed by atoms with Gasteiger partial charge in [0.05, 0.1) is 29.4 Å². The van der Waals surface area contributed by atoms with Crippen LogP contribution in [0.3, 0.4) is 0 Å². The van der Waals surface area contributed by atoms with Crippen LogP contribution in [0.4, 0.5) is 0 Å². The second-order valence-electron chi connectivity index (χ2n) is 6.36. The van der Waals surface area contributed by atoms with Crippen LogP contribution in [0.25, 0.3) is 0 Å². The largest absolute Gasteiger partial charge is 0.490 e. The van der Waals surface area contributed by atoms with Crippen LogP contribution in [0.2, 0.25) is 5.02 Å². The summed E-state index contributed by atoms with van der Waals surface area (Å²) in [7, 11) is 0. The van der Waals surface area contributed by atoms with Crippen LogP contribution in [0.1, 0.15) is 47.8 Å². The number of ether oxygens (including phenoxy) is 2. The number of aromatic amines is 4. The van der Waals surface area contributed by atoms with Crippen molar-refractivity contribution in [3.05, 3.63) is 65.9 Å². The summed E-state index contributed by atoms with van der Waals surface area (Å²) in [6.07, 6.45) is 0. The van der Waals surface area contributed by atoms with E-state index >= 15 is 0 Å². The Morgan fingerprint density at radius 3 is 1.86 bits per heavy atom. The maximum Gasteiger partial charge on any atom is 0.268 e. The van der Waals surface area contributed by atoms with Gasteiger partial charge in [-0.1, -0.05) is 11.6 Å². The van der Waals surface area contributed by atoms with Gasteiger partial charge in [0, 0.05) is 17.3 Å². The fraction of sp³-hybridized carbons (Fsp3) is 0.368. The molecular weight excluding hydrogens is 384 g/mol. The molecule has 0 fully saturated rings. The number of aromatic nitrogens is 4. The highest BCUT2D eigenvalue weighted by molar-refractivity contribution is 6.32. The van der Waals surface area contributed by atoms with Crippen molar-refractivity contribution in [2.45, 2.75) is 33.6 Å². The van der Waals surface area contributed by atoms with E-state index in [2.05, 4.69) is 20.4 Å². The third-order valence-corrected chi connectivity index (χ3v) is 4.84. The van der Waals surface area contributed by atoms with E-state index in [1.807, 2.05) is 13.8 Å². The van der Waals surface area contributed by atoms with Crippen molar-refractivity contribution in [1.29, 1.82) is 0 Å². The molecule has 0 spiro atoms. The first kappa shape index (κ1) is 19.9. The average Bonchev–Trinajstić information content (AvgIpc) is 3.15. The lowest BCUT2D eigenvalue weighted by Crippen LogP contribution is -2.20. The molecule has 4 N–H and O–H groups in total. The molecule has 0 aliphatic heterocycles. The Morgan fingerprint density at radius 2 is 1.43 bits per heavy atom. The summed E-state index contributed by atoms with van der Waals surface area (Å²) >= 11 is 6.48. The summed E-state index contributed by atoms with van der Waals surface area (Å²) in [5.74, 6) is 0.261. The van der Waals surface area contributed by atoms with Crippen LogP contribution >= 0.6 is 11.6 Å². The van der Waals surface area contributed by atoms with E-state index in [1.54, 1.807) is 26.0 Å². The minimum atomic E-state index is -0.641. The standard InChI is InChI=1S/C19H23ClN4O4/c1-5-27-13-8-11(7-12(20)17(13)28-6-2)16(14-9(3)21-23-18(14)25)15-10(4)22-24-19(15)26/h7-8,16H,5-6H2,1-4H3,(H2,21,23,25)(H2,22,24,26). The van der Waals surface area contributed by atoms with Gasteiger partial charge in [-0.15, -0.1) is 0 Å². The molecule has 1 aromatic carbocycles. The average molecular weight is 407 g/mol. The Bertz CT molecular complexity index is 1040.